The van der Waals surface area contributed by atoms with Gasteiger partial charge in [-0.05, 0) is 119 Å². The molecule has 5 N–H and O–H groups in total. The van der Waals surface area contributed by atoms with E-state index in [9.17, 15) is 33.2 Å². The van der Waals surface area contributed by atoms with Crippen LogP contribution in [0.25, 0.3) is 10.8 Å². The van der Waals surface area contributed by atoms with Gasteiger partial charge in [0.05, 0.1) is 33.3 Å². The first-order chi connectivity index (χ1) is 40.6. The highest BCUT2D eigenvalue weighted by Crippen LogP contribution is 2.36. The molecular weight excluding hydrogens is 1070 g/mol. The summed E-state index contributed by atoms with van der Waals surface area (Å²) in [5, 5.41) is 20.3. The minimum atomic E-state index is -0.432. The highest BCUT2D eigenvalue weighted by atomic mass is 19.1. The average molecular weight is 1130 g/mol. The third-order valence-corrected chi connectivity index (χ3v) is 15.1. The summed E-state index contributed by atoms with van der Waals surface area (Å²) < 4.78 is 22.6. The molecule has 0 saturated carbocycles. The molecule has 2 unspecified atom stereocenters. The summed E-state index contributed by atoms with van der Waals surface area (Å²) in [6.07, 6.45) is 5.25. The SMILES string of the molecule is C=CC(=O)Nc1ccc2c(Cn3nc(C(=O)Nc4cccc(C)c4)c4c3C(C)CN(C(=O)c3ccc[nH]3)C4)cccc2c1.CCC(=O)Cc1cc(NC(=O)c2nn(Cc3ccc(F)cc3)c3c2CN(C(=O)c2ccc[nH]2)CC3C)ccc1OC. The van der Waals surface area contributed by atoms with Gasteiger partial charge in [-0.25, -0.2) is 4.39 Å². The van der Waals surface area contributed by atoms with Gasteiger partial charge in [-0.1, -0.05) is 75.9 Å². The van der Waals surface area contributed by atoms with Crippen LogP contribution in [0.4, 0.5) is 21.5 Å². The fraction of sp³-hybridized carbons (Fsp3) is 0.231. The summed E-state index contributed by atoms with van der Waals surface area (Å²) in [4.78, 5) is 87.3. The molecule has 0 fully saturated rings. The Kier molecular flexibility index (Phi) is 16.9. The second-order valence-electron chi connectivity index (χ2n) is 21.1. The molecule has 19 heteroatoms. The van der Waals surface area contributed by atoms with E-state index in [-0.39, 0.29) is 72.3 Å². The van der Waals surface area contributed by atoms with Crippen LogP contribution in [-0.2, 0) is 42.2 Å². The lowest BCUT2D eigenvalue weighted by Gasteiger charge is -2.32. The molecule has 5 aromatic carbocycles. The van der Waals surface area contributed by atoms with Crippen molar-refractivity contribution in [3.05, 3.63) is 226 Å². The number of carbonyl (C=O) groups excluding carboxylic acids is 6. The van der Waals surface area contributed by atoms with Crippen LogP contribution >= 0.6 is 0 Å². The number of halogens is 1. The lowest BCUT2D eigenvalue weighted by Crippen LogP contribution is -2.38. The van der Waals surface area contributed by atoms with Gasteiger partial charge in [0.1, 0.15) is 28.7 Å². The van der Waals surface area contributed by atoms with E-state index in [2.05, 4.69) is 39.4 Å². The van der Waals surface area contributed by atoms with Crippen LogP contribution in [0, 0.1) is 12.7 Å². The maximum absolute atomic E-state index is 13.7. The smallest absolute Gasteiger partial charge is 0.276 e. The molecule has 0 bridgehead atoms. The fourth-order valence-corrected chi connectivity index (χ4v) is 11.1. The Morgan fingerprint density at radius 3 is 1.80 bits per heavy atom. The predicted molar refractivity (Wildman–Crippen MR) is 319 cm³/mol. The molecule has 18 nitrogen and oxygen atoms in total. The van der Waals surface area contributed by atoms with Gasteiger partial charge in [0.15, 0.2) is 11.4 Å². The Labute approximate surface area is 484 Å². The zero-order valence-corrected chi connectivity index (χ0v) is 47.3. The minimum absolute atomic E-state index is 0.0567. The van der Waals surface area contributed by atoms with Crippen LogP contribution in [0.3, 0.4) is 0 Å². The first-order valence-corrected chi connectivity index (χ1v) is 27.7. The number of ketones is 1. The van der Waals surface area contributed by atoms with Crippen molar-refractivity contribution >= 4 is 63.2 Å². The van der Waals surface area contributed by atoms with Crippen LogP contribution in [0.5, 0.6) is 5.75 Å². The van der Waals surface area contributed by atoms with E-state index < -0.39 is 5.91 Å². The number of H-pyrrole nitrogens is 2. The van der Waals surface area contributed by atoms with Gasteiger partial charge in [0.25, 0.3) is 23.6 Å². The molecule has 0 saturated heterocycles. The van der Waals surface area contributed by atoms with Crippen molar-refractivity contribution in [2.45, 2.75) is 78.6 Å². The topological polar surface area (TPSA) is 221 Å². The summed E-state index contributed by atoms with van der Waals surface area (Å²) in [5.41, 5.74) is 10.1. The number of nitrogens with zero attached hydrogens (tertiary/aromatic N) is 6. The summed E-state index contributed by atoms with van der Waals surface area (Å²) in [6, 6.07) is 37.8. The van der Waals surface area contributed by atoms with E-state index in [1.807, 2.05) is 79.2 Å². The van der Waals surface area contributed by atoms with Gasteiger partial charge in [-0.3, -0.25) is 38.1 Å². The predicted octanol–water partition coefficient (Wildman–Crippen LogP) is 10.8. The van der Waals surface area contributed by atoms with E-state index in [1.54, 1.807) is 88.4 Å². The monoisotopic (exact) mass is 1130 g/mol. The normalized spacial score (nSPS) is 14.4. The second kappa shape index (κ2) is 24.9. The van der Waals surface area contributed by atoms with Crippen molar-refractivity contribution in [3.63, 3.8) is 0 Å². The van der Waals surface area contributed by atoms with E-state index >= 15 is 0 Å². The summed E-state index contributed by atoms with van der Waals surface area (Å²) >= 11 is 0. The fourth-order valence-electron chi connectivity index (χ4n) is 11.1. The Hall–Kier alpha value is -10.2. The maximum atomic E-state index is 13.7. The van der Waals surface area contributed by atoms with Gasteiger partial charge in [0.2, 0.25) is 5.91 Å². The second-order valence-corrected chi connectivity index (χ2v) is 21.1. The number of Topliss-reactive ketones (excluding diaryl/α,β-unsaturated/α-hetero) is 1. The van der Waals surface area contributed by atoms with E-state index in [0.717, 1.165) is 44.4 Å². The van der Waals surface area contributed by atoms with Crippen molar-refractivity contribution in [1.82, 2.24) is 39.3 Å². The molecule has 9 aromatic rings. The number of carbonyl (C=O) groups is 6. The summed E-state index contributed by atoms with van der Waals surface area (Å²) in [7, 11) is 1.54. The Morgan fingerprint density at radius 1 is 0.667 bits per heavy atom. The summed E-state index contributed by atoms with van der Waals surface area (Å²) in [6.45, 7) is 13.6. The van der Waals surface area contributed by atoms with Gasteiger partial charge < -0.3 is 40.5 Å². The molecule has 0 spiro atoms. The molecule has 2 aliphatic rings. The van der Waals surface area contributed by atoms with Crippen LogP contribution in [0.2, 0.25) is 0 Å². The van der Waals surface area contributed by atoms with Gasteiger partial charge in [0, 0.05) is 95.3 Å². The van der Waals surface area contributed by atoms with Crippen molar-refractivity contribution < 1.29 is 37.9 Å². The Balaban J connectivity index is 0.000000187. The number of ether oxygens (including phenoxy) is 1. The molecule has 0 aliphatic carbocycles. The standard InChI is InChI=1S/C34H32N6O3.C31H32FN5O4/c1-4-30(41)36-26-13-14-27-23(17-26)9-6-10-24(27)19-40-32-22(3)18-39(34(43)29-12-7-15-35-29)20-28(32)31(38-40)33(42)37-25-11-5-8-21(2)16-25;1-4-24(38)15-21-14-23(11-12-27(21)41-3)34-30(39)28-25-18-36(31(40)26-6-5-13-33-26)16-19(2)29(25)37(35-28)17-20-7-9-22(32)10-8-20/h4-17,22,35H,1,18-20H2,2-3H3,(H,36,41)(H,37,42);5-14,19,33H,4,15-18H2,1-3H3,(H,34,39). The number of hydrogen-bond donors (Lipinski definition) is 5. The Bertz CT molecular complexity index is 3960. The molecule has 2 aliphatic heterocycles. The molecule has 2 atom stereocenters. The van der Waals surface area contributed by atoms with Crippen LogP contribution < -0.4 is 20.7 Å². The van der Waals surface area contributed by atoms with Crippen molar-refractivity contribution in [1.29, 1.82) is 0 Å². The summed E-state index contributed by atoms with van der Waals surface area (Å²) in [5.74, 6) is -1.18. The quantitative estimate of drug-likeness (QED) is 0.0580. The molecule has 428 valence electrons. The Morgan fingerprint density at radius 2 is 1.24 bits per heavy atom. The number of hydrogen-bond acceptors (Lipinski definition) is 9. The molecule has 5 amide bonds. The van der Waals surface area contributed by atoms with Crippen molar-refractivity contribution in [3.8, 4) is 5.75 Å². The first-order valence-electron chi connectivity index (χ1n) is 27.7. The lowest BCUT2D eigenvalue weighted by molar-refractivity contribution is -0.118. The number of aromatic amines is 2. The van der Waals surface area contributed by atoms with Crippen LogP contribution in [0.15, 0.2) is 152 Å². The maximum Gasteiger partial charge on any atom is 0.276 e. The van der Waals surface area contributed by atoms with E-state index in [1.165, 1.54) is 25.3 Å². The minimum Gasteiger partial charge on any atom is -0.496 e. The van der Waals surface area contributed by atoms with Gasteiger partial charge in [-0.2, -0.15) is 10.2 Å². The van der Waals surface area contributed by atoms with E-state index in [4.69, 9.17) is 14.9 Å². The van der Waals surface area contributed by atoms with Crippen LogP contribution in [0.1, 0.15) is 126 Å². The molecule has 11 rings (SSSR count). The number of aryl methyl sites for hydroxylation is 1. The number of fused-ring (bicyclic) bond motifs is 3. The van der Waals surface area contributed by atoms with Crippen molar-refractivity contribution in [2.75, 3.05) is 36.1 Å². The average Bonchev–Trinajstić information content (AvgIpc) is 3.06. The first kappa shape index (κ1) is 57.1. The molecule has 0 radical (unpaired) electrons. The zero-order valence-electron chi connectivity index (χ0n) is 47.3. The number of anilines is 3. The number of nitrogens with one attached hydrogen (secondary N) is 5. The van der Waals surface area contributed by atoms with Crippen molar-refractivity contribution in [2.24, 2.45) is 0 Å². The highest BCUT2D eigenvalue weighted by molar-refractivity contribution is 6.06. The number of amides is 5. The van der Waals surface area contributed by atoms with Crippen LogP contribution in [-0.4, -0.2) is 94.8 Å². The molecule has 84 heavy (non-hydrogen) atoms. The molecule has 6 heterocycles. The number of rotatable bonds is 16. The number of methoxy groups -OCH3 is 1. The zero-order chi connectivity index (χ0) is 59.2. The van der Waals surface area contributed by atoms with Gasteiger partial charge >= 0.3 is 0 Å². The highest BCUT2D eigenvalue weighted by Gasteiger charge is 2.37. The van der Waals surface area contributed by atoms with Gasteiger partial charge in [-0.15, -0.1) is 0 Å². The third-order valence-electron chi connectivity index (χ3n) is 15.1. The lowest BCUT2D eigenvalue weighted by atomic mass is 9.95. The number of aromatic nitrogens is 6. The largest absolute Gasteiger partial charge is 0.496 e. The third kappa shape index (κ3) is 12.5. The molecular formula is C65H64FN11O7. The van der Waals surface area contributed by atoms with E-state index in [0.29, 0.717) is 83.6 Å². The number of benzene rings is 5. The molecule has 4 aromatic heterocycles.